The Hall–Kier alpha value is -1.31. The van der Waals surface area contributed by atoms with Gasteiger partial charge in [-0.1, -0.05) is 12.1 Å². The van der Waals surface area contributed by atoms with E-state index in [0.717, 1.165) is 13.1 Å². The highest BCUT2D eigenvalue weighted by Crippen LogP contribution is 2.31. The molecule has 1 heterocycles. The van der Waals surface area contributed by atoms with Crippen LogP contribution in [-0.2, 0) is 16.0 Å². The molecule has 1 aromatic carbocycles. The zero-order chi connectivity index (χ0) is 17.6. The number of rotatable bonds is 6. The van der Waals surface area contributed by atoms with Gasteiger partial charge in [0.25, 0.3) is 0 Å². The zero-order valence-electron chi connectivity index (χ0n) is 14.1. The summed E-state index contributed by atoms with van der Waals surface area (Å²) >= 11 is 0. The van der Waals surface area contributed by atoms with Crippen molar-refractivity contribution in [1.82, 2.24) is 5.32 Å². The van der Waals surface area contributed by atoms with Crippen LogP contribution in [0.4, 0.5) is 18.9 Å². The van der Waals surface area contributed by atoms with Crippen LogP contribution in [0.15, 0.2) is 24.3 Å². The Morgan fingerprint density at radius 1 is 1.32 bits per heavy atom. The molecule has 1 fully saturated rings. The molecule has 1 saturated heterocycles. The van der Waals surface area contributed by atoms with Crippen molar-refractivity contribution in [2.24, 2.45) is 5.41 Å². The highest BCUT2D eigenvalue weighted by atomic mass is 35.5. The van der Waals surface area contributed by atoms with Gasteiger partial charge < -0.3 is 15.4 Å². The summed E-state index contributed by atoms with van der Waals surface area (Å²) in [5, 5.41) is 6.06. The fraction of sp³-hybridized carbons (Fsp3) is 0.588. The second-order valence-corrected chi connectivity index (χ2v) is 6.23. The van der Waals surface area contributed by atoms with Gasteiger partial charge in [0.1, 0.15) is 0 Å². The van der Waals surface area contributed by atoms with Gasteiger partial charge in [-0.3, -0.25) is 4.79 Å². The van der Waals surface area contributed by atoms with E-state index < -0.39 is 18.0 Å². The molecular formula is C17H24ClF3N2O2. The summed E-state index contributed by atoms with van der Waals surface area (Å²) in [6.45, 7) is 1.80. The number of nitrogens with one attached hydrogen (secondary N) is 2. The Morgan fingerprint density at radius 2 is 2.00 bits per heavy atom. The summed E-state index contributed by atoms with van der Waals surface area (Å²) in [6, 6.07) is 6.59. The molecule has 25 heavy (non-hydrogen) atoms. The van der Waals surface area contributed by atoms with Gasteiger partial charge in [-0.2, -0.15) is 13.2 Å². The molecule has 142 valence electrons. The standard InChI is InChI=1S/C17H23F3N2O2.ClH/c1-24-12-16(7-9-21-10-8-16)15(23)22-14-4-2-3-13(11-14)5-6-17(18,19)20;/h2-4,11,21H,5-10,12H2,1H3,(H,22,23);1H. The van der Waals surface area contributed by atoms with Crippen molar-refractivity contribution in [3.8, 4) is 0 Å². The molecular weight excluding hydrogens is 357 g/mol. The number of carbonyl (C=O) groups excluding carboxylic acids is 1. The van der Waals surface area contributed by atoms with Gasteiger partial charge in [0, 0.05) is 19.2 Å². The number of amides is 1. The van der Waals surface area contributed by atoms with Crippen LogP contribution in [0.3, 0.4) is 0 Å². The molecule has 4 nitrogen and oxygen atoms in total. The van der Waals surface area contributed by atoms with Gasteiger partial charge >= 0.3 is 6.18 Å². The number of anilines is 1. The predicted molar refractivity (Wildman–Crippen MR) is 93.1 cm³/mol. The van der Waals surface area contributed by atoms with Crippen molar-refractivity contribution in [1.29, 1.82) is 0 Å². The average molecular weight is 381 g/mol. The first kappa shape index (κ1) is 21.7. The van der Waals surface area contributed by atoms with E-state index in [1.807, 2.05) is 0 Å². The molecule has 0 saturated carbocycles. The van der Waals surface area contributed by atoms with Gasteiger partial charge in [0.2, 0.25) is 5.91 Å². The number of carbonyl (C=O) groups is 1. The Kier molecular flexibility index (Phi) is 8.18. The second-order valence-electron chi connectivity index (χ2n) is 6.23. The maximum Gasteiger partial charge on any atom is 0.389 e. The Labute approximate surface area is 151 Å². The number of benzene rings is 1. The third-order valence-electron chi connectivity index (χ3n) is 4.34. The monoisotopic (exact) mass is 380 g/mol. The van der Waals surface area contributed by atoms with Crippen LogP contribution in [0.1, 0.15) is 24.8 Å². The Balaban J connectivity index is 0.00000312. The van der Waals surface area contributed by atoms with Gasteiger partial charge in [-0.25, -0.2) is 0 Å². The first-order chi connectivity index (χ1) is 11.3. The smallest absolute Gasteiger partial charge is 0.384 e. The van der Waals surface area contributed by atoms with Crippen LogP contribution in [0, 0.1) is 5.41 Å². The van der Waals surface area contributed by atoms with Gasteiger partial charge in [0.15, 0.2) is 0 Å². The summed E-state index contributed by atoms with van der Waals surface area (Å²) in [4.78, 5) is 12.7. The van der Waals surface area contributed by atoms with E-state index in [4.69, 9.17) is 4.74 Å². The van der Waals surface area contributed by atoms with E-state index in [2.05, 4.69) is 10.6 Å². The lowest BCUT2D eigenvalue weighted by atomic mass is 9.78. The molecule has 0 spiro atoms. The molecule has 0 aromatic heterocycles. The van der Waals surface area contributed by atoms with Crippen molar-refractivity contribution in [3.05, 3.63) is 29.8 Å². The zero-order valence-corrected chi connectivity index (χ0v) is 14.9. The maximum absolute atomic E-state index is 12.7. The first-order valence-corrected chi connectivity index (χ1v) is 8.01. The quantitative estimate of drug-likeness (QED) is 0.793. The molecule has 1 aliphatic rings. The number of halogens is 4. The largest absolute Gasteiger partial charge is 0.389 e. The lowest BCUT2D eigenvalue weighted by Crippen LogP contribution is -2.47. The second kappa shape index (κ2) is 9.40. The van der Waals surface area contributed by atoms with E-state index in [-0.39, 0.29) is 24.7 Å². The van der Waals surface area contributed by atoms with Gasteiger partial charge in [-0.05, 0) is 50.0 Å². The minimum atomic E-state index is -4.18. The fourth-order valence-corrected chi connectivity index (χ4v) is 2.97. The summed E-state index contributed by atoms with van der Waals surface area (Å²) in [5.41, 5.74) is 0.479. The third kappa shape index (κ3) is 6.49. The van der Waals surface area contributed by atoms with Crippen LogP contribution in [0.5, 0.6) is 0 Å². The summed E-state index contributed by atoms with van der Waals surface area (Å²) in [7, 11) is 1.56. The first-order valence-electron chi connectivity index (χ1n) is 8.01. The Bertz CT molecular complexity index is 556. The highest BCUT2D eigenvalue weighted by Gasteiger charge is 2.39. The average Bonchev–Trinajstić information content (AvgIpc) is 2.54. The van der Waals surface area contributed by atoms with Crippen molar-refractivity contribution in [3.63, 3.8) is 0 Å². The van der Waals surface area contributed by atoms with E-state index >= 15 is 0 Å². The molecule has 1 aromatic rings. The molecule has 0 aliphatic carbocycles. The van der Waals surface area contributed by atoms with Crippen molar-refractivity contribution in [2.75, 3.05) is 32.1 Å². The topological polar surface area (TPSA) is 50.4 Å². The number of ether oxygens (including phenoxy) is 1. The van der Waals surface area contributed by atoms with Crippen LogP contribution in [0.25, 0.3) is 0 Å². The van der Waals surface area contributed by atoms with E-state index in [1.54, 1.807) is 31.4 Å². The van der Waals surface area contributed by atoms with E-state index in [0.29, 0.717) is 30.7 Å². The lowest BCUT2D eigenvalue weighted by Gasteiger charge is -2.35. The molecule has 0 unspecified atom stereocenters. The molecule has 1 aliphatic heterocycles. The molecule has 0 radical (unpaired) electrons. The van der Waals surface area contributed by atoms with Crippen LogP contribution < -0.4 is 10.6 Å². The van der Waals surface area contributed by atoms with E-state index in [1.165, 1.54) is 0 Å². The SMILES string of the molecule is COCC1(C(=O)Nc2cccc(CCC(F)(F)F)c2)CCNCC1.Cl. The molecule has 2 rings (SSSR count). The van der Waals surface area contributed by atoms with Crippen molar-refractivity contribution < 1.29 is 22.7 Å². The number of aryl methyl sites for hydroxylation is 1. The molecule has 2 N–H and O–H groups in total. The van der Waals surface area contributed by atoms with Crippen LogP contribution in [0.2, 0.25) is 0 Å². The van der Waals surface area contributed by atoms with Gasteiger partial charge in [0.05, 0.1) is 12.0 Å². The van der Waals surface area contributed by atoms with Gasteiger partial charge in [-0.15, -0.1) is 12.4 Å². The fourth-order valence-electron chi connectivity index (χ4n) is 2.97. The lowest BCUT2D eigenvalue weighted by molar-refractivity contribution is -0.134. The molecule has 0 atom stereocenters. The predicted octanol–water partition coefficient (Wildman–Crippen LogP) is 3.56. The maximum atomic E-state index is 12.7. The summed E-state index contributed by atoms with van der Waals surface area (Å²) in [5.74, 6) is -0.140. The molecule has 0 bridgehead atoms. The van der Waals surface area contributed by atoms with Crippen molar-refractivity contribution in [2.45, 2.75) is 31.9 Å². The Morgan fingerprint density at radius 3 is 2.60 bits per heavy atom. The highest BCUT2D eigenvalue weighted by molar-refractivity contribution is 5.95. The minimum Gasteiger partial charge on any atom is -0.384 e. The normalized spacial score (nSPS) is 16.8. The molecule has 8 heteroatoms. The number of piperidine rings is 1. The minimum absolute atomic E-state index is 0. The number of hydrogen-bond acceptors (Lipinski definition) is 3. The summed E-state index contributed by atoms with van der Waals surface area (Å²) < 4.78 is 42.3. The third-order valence-corrected chi connectivity index (χ3v) is 4.34. The van der Waals surface area contributed by atoms with Crippen LogP contribution in [-0.4, -0.2) is 38.9 Å². The number of alkyl halides is 3. The van der Waals surface area contributed by atoms with E-state index in [9.17, 15) is 18.0 Å². The number of methoxy groups -OCH3 is 1. The van der Waals surface area contributed by atoms with Crippen molar-refractivity contribution >= 4 is 24.0 Å². The summed E-state index contributed by atoms with van der Waals surface area (Å²) in [6.07, 6.45) is -3.82. The number of hydrogen-bond donors (Lipinski definition) is 2. The molecule has 1 amide bonds. The van der Waals surface area contributed by atoms with Crippen LogP contribution >= 0.6 is 12.4 Å².